The van der Waals surface area contributed by atoms with E-state index >= 15 is 0 Å². The molecule has 0 spiro atoms. The second-order valence-corrected chi connectivity index (χ2v) is 17.2. The third kappa shape index (κ3) is 9.22. The van der Waals surface area contributed by atoms with E-state index in [9.17, 15) is 0 Å². The van der Waals surface area contributed by atoms with E-state index in [1.54, 1.807) is 27.7 Å². The number of hydrogen-bond donors (Lipinski definition) is 1. The van der Waals surface area contributed by atoms with Crippen LogP contribution in [0.1, 0.15) is 0 Å². The predicted octanol–water partition coefficient (Wildman–Crippen LogP) is 2.63. The summed E-state index contributed by atoms with van der Waals surface area (Å²) in [5.41, 5.74) is 0. The second-order valence-electron chi connectivity index (χ2n) is 0.922. The second kappa shape index (κ2) is 8.24. The molecule has 1 nitrogen and oxygen atoms in total. The molecule has 0 aromatic rings. The van der Waals surface area contributed by atoms with Gasteiger partial charge in [-0.2, -0.15) is 0 Å². The Morgan fingerprint density at radius 1 is 1.27 bits per heavy atom. The van der Waals surface area contributed by atoms with Gasteiger partial charge in [0.25, 0.3) is 8.05 Å². The first-order chi connectivity index (χ1) is 5.12. The lowest BCUT2D eigenvalue weighted by Gasteiger charge is -2.03. The lowest BCUT2D eigenvalue weighted by Crippen LogP contribution is -1.89. The number of thiol groups is 1. The van der Waals surface area contributed by atoms with Crippen LogP contribution in [-0.4, -0.2) is 8.05 Å². The monoisotopic (exact) mass is 318 g/mol. The summed E-state index contributed by atoms with van der Waals surface area (Å²) >= 11 is 13.9. The van der Waals surface area contributed by atoms with E-state index in [1.807, 2.05) is 0 Å². The van der Waals surface area contributed by atoms with Crippen LogP contribution in [0, 0.1) is 0 Å². The highest BCUT2D eigenvalue weighted by Gasteiger charge is 2.00. The van der Waals surface area contributed by atoms with Crippen molar-refractivity contribution < 1.29 is 4.10 Å². The van der Waals surface area contributed by atoms with Gasteiger partial charge >= 0.3 is 0 Å². The van der Waals surface area contributed by atoms with Crippen LogP contribution in [0.2, 0.25) is 0 Å². The first-order valence-electron chi connectivity index (χ1n) is 1.92. The lowest BCUT2D eigenvalue weighted by atomic mass is 10.6. The summed E-state index contributed by atoms with van der Waals surface area (Å²) in [5.74, 6) is 0. The van der Waals surface area contributed by atoms with Crippen LogP contribution in [0.15, 0.2) is 0 Å². The smallest absolute Gasteiger partial charge is 0.278 e. The third-order valence-electron chi connectivity index (χ3n) is 0.401. The van der Waals surface area contributed by atoms with Gasteiger partial charge in [0, 0.05) is 29.5 Å². The molecule has 0 aliphatic rings. The summed E-state index contributed by atoms with van der Waals surface area (Å²) in [6, 6.07) is 0. The molecule has 11 heteroatoms. The Bertz CT molecular complexity index is 168. The summed E-state index contributed by atoms with van der Waals surface area (Å²) in [4.78, 5) is 0. The van der Waals surface area contributed by atoms with Crippen LogP contribution in [-0.2, 0) is 32.9 Å². The fraction of sp³-hybridized carbons (Fsp3) is 0. The van der Waals surface area contributed by atoms with Gasteiger partial charge < -0.3 is 4.10 Å². The van der Waals surface area contributed by atoms with E-state index in [1.165, 1.54) is 29.5 Å². The van der Waals surface area contributed by atoms with Gasteiger partial charge in [0.2, 0.25) is 0 Å². The first kappa shape index (κ1) is 13.9. The van der Waals surface area contributed by atoms with Gasteiger partial charge in [-0.25, -0.2) is 0 Å². The minimum absolute atomic E-state index is 1.40. The van der Waals surface area contributed by atoms with Crippen molar-refractivity contribution in [2.45, 2.75) is 0 Å². The Kier molecular flexibility index (Phi) is 10.4. The first-order valence-corrected chi connectivity index (χ1v) is 13.1. The Balaban J connectivity index is 3.39. The van der Waals surface area contributed by atoms with Crippen molar-refractivity contribution in [3.8, 4) is 0 Å². The molecule has 0 heterocycles. The zero-order valence-electron chi connectivity index (χ0n) is 5.12. The molecule has 0 aromatic heterocycles. The minimum atomic E-state index is -1.72. The van der Waals surface area contributed by atoms with Crippen molar-refractivity contribution in [1.29, 1.82) is 0 Å². The largest absolute Gasteiger partial charge is 0.374 e. The molecular weight excluding hydrogens is 315 g/mol. The van der Waals surface area contributed by atoms with Crippen LogP contribution in [0.4, 0.5) is 0 Å². The van der Waals surface area contributed by atoms with Gasteiger partial charge in [-0.3, -0.25) is 0 Å². The fourth-order valence-corrected chi connectivity index (χ4v) is 15.7. The van der Waals surface area contributed by atoms with Crippen molar-refractivity contribution in [2.24, 2.45) is 0 Å². The summed E-state index contributed by atoms with van der Waals surface area (Å²) in [6.45, 7) is -1.72. The highest BCUT2D eigenvalue weighted by molar-refractivity contribution is 9.46. The SMILES string of the molecule is BOS(=S)(=S)SSSSSS. The molecule has 0 unspecified atom stereocenters. The van der Waals surface area contributed by atoms with E-state index in [2.05, 4.69) is 11.7 Å². The topological polar surface area (TPSA) is 9.23 Å². The van der Waals surface area contributed by atoms with Gasteiger partial charge in [-0.15, -0.1) is 0 Å². The maximum Gasteiger partial charge on any atom is 0.278 e. The van der Waals surface area contributed by atoms with E-state index in [4.69, 9.17) is 26.5 Å². The van der Waals surface area contributed by atoms with Crippen LogP contribution in [0.5, 0.6) is 0 Å². The lowest BCUT2D eigenvalue weighted by molar-refractivity contribution is 0.728. The number of rotatable bonds is 6. The molecule has 0 N–H and O–H groups in total. The average Bonchev–Trinajstić information content (AvgIpc) is 1.99. The Hall–Kier alpha value is 2.91. The van der Waals surface area contributed by atoms with E-state index in [-0.39, 0.29) is 0 Å². The van der Waals surface area contributed by atoms with Crippen molar-refractivity contribution in [3.63, 3.8) is 0 Å². The molecule has 0 atom stereocenters. The molecule has 0 fully saturated rings. The summed E-state index contributed by atoms with van der Waals surface area (Å²) < 4.78 is 4.92. The molecule has 0 amide bonds. The van der Waals surface area contributed by atoms with E-state index < -0.39 is 6.46 Å². The van der Waals surface area contributed by atoms with Crippen LogP contribution in [0.3, 0.4) is 0 Å². The fourth-order valence-electron chi connectivity index (χ4n) is 0.0969. The maximum atomic E-state index is 4.96. The van der Waals surface area contributed by atoms with Gasteiger partial charge in [-0.05, 0) is 42.0 Å². The van der Waals surface area contributed by atoms with Crippen molar-refractivity contribution in [2.75, 3.05) is 0 Å². The van der Waals surface area contributed by atoms with Crippen LogP contribution < -0.4 is 0 Å². The molecular formula is H3BOS9. The normalized spacial score (nSPS) is 11.7. The predicted molar refractivity (Wildman–Crippen MR) is 78.7 cm³/mol. The highest BCUT2D eigenvalue weighted by atomic mass is 34.0. The Labute approximate surface area is 100 Å². The molecule has 0 aromatic carbocycles. The van der Waals surface area contributed by atoms with Crippen LogP contribution in [0.25, 0.3) is 0 Å². The molecule has 66 valence electrons. The molecule has 0 saturated heterocycles. The zero-order chi connectivity index (χ0) is 8.74. The van der Waals surface area contributed by atoms with Crippen molar-refractivity contribution in [1.82, 2.24) is 0 Å². The van der Waals surface area contributed by atoms with Gasteiger partial charge in [-0.1, -0.05) is 11.7 Å². The molecule has 0 aliphatic carbocycles. The molecule has 11 heavy (non-hydrogen) atoms. The molecule has 0 bridgehead atoms. The van der Waals surface area contributed by atoms with E-state index in [0.29, 0.717) is 0 Å². The third-order valence-corrected chi connectivity index (χ3v) is 16.3. The van der Waals surface area contributed by atoms with Crippen molar-refractivity contribution in [3.05, 3.63) is 0 Å². The quantitative estimate of drug-likeness (QED) is 0.342. The molecule has 0 saturated carbocycles. The van der Waals surface area contributed by atoms with Gasteiger partial charge in [0.1, 0.15) is 0 Å². The van der Waals surface area contributed by atoms with E-state index in [0.717, 1.165) is 0 Å². The molecule has 0 radical (unpaired) electrons. The van der Waals surface area contributed by atoms with Crippen molar-refractivity contribution >= 4 is 97.7 Å². The Morgan fingerprint density at radius 3 is 2.36 bits per heavy atom. The highest BCUT2D eigenvalue weighted by Crippen LogP contribution is 2.51. The standard InChI is InChI=1S/BH3OS9/c1-2-11(4,5)10-9-8-7-6-3/h3H,1H2. The average molecular weight is 318 g/mol. The summed E-state index contributed by atoms with van der Waals surface area (Å²) in [6.07, 6.45) is 0. The van der Waals surface area contributed by atoms with Gasteiger partial charge in [0.05, 0.1) is 6.46 Å². The minimum Gasteiger partial charge on any atom is -0.374 e. The molecule has 0 rings (SSSR count). The molecule has 0 aliphatic heterocycles. The van der Waals surface area contributed by atoms with Gasteiger partial charge in [0.15, 0.2) is 0 Å². The zero-order valence-corrected chi connectivity index (χ0v) is 12.5. The van der Waals surface area contributed by atoms with Crippen LogP contribution >= 0.6 is 60.8 Å². The maximum absolute atomic E-state index is 4.96. The Morgan fingerprint density at radius 2 is 1.91 bits per heavy atom. The number of hydrogen-bond acceptors (Lipinski definition) is 9. The summed E-state index contributed by atoms with van der Waals surface area (Å²) in [5, 5.41) is 0. The summed E-state index contributed by atoms with van der Waals surface area (Å²) in [7, 11) is 9.06.